The number of carbonyl (C=O) groups is 2. The highest BCUT2D eigenvalue weighted by atomic mass is 19.1. The number of halogens is 1. The molecule has 0 aliphatic carbocycles. The van der Waals surface area contributed by atoms with Gasteiger partial charge in [0.2, 0.25) is 11.8 Å². The Morgan fingerprint density at radius 1 is 1.21 bits per heavy atom. The van der Waals surface area contributed by atoms with Crippen molar-refractivity contribution in [2.45, 2.75) is 33.2 Å². The number of carbonyl (C=O) groups excluding carboxylic acids is 2. The molecule has 3 rings (SSSR count). The molecule has 2 aromatic rings. The van der Waals surface area contributed by atoms with Crippen LogP contribution in [0.25, 0.3) is 0 Å². The van der Waals surface area contributed by atoms with E-state index in [4.69, 9.17) is 4.74 Å². The second-order valence-corrected chi connectivity index (χ2v) is 7.49. The average Bonchev–Trinajstić information content (AvgIpc) is 2.66. The summed E-state index contributed by atoms with van der Waals surface area (Å²) in [4.78, 5) is 24.5. The molecule has 2 amide bonds. The van der Waals surface area contributed by atoms with E-state index in [1.807, 2.05) is 26.0 Å². The first-order valence-corrected chi connectivity index (χ1v) is 9.49. The fourth-order valence-electron chi connectivity index (χ4n) is 3.19. The Kier molecular flexibility index (Phi) is 6.29. The molecule has 0 bridgehead atoms. The largest absolute Gasteiger partial charge is 0.492 e. The Labute approximate surface area is 164 Å². The summed E-state index contributed by atoms with van der Waals surface area (Å²) in [5, 5.41) is 5.66. The number of amides is 2. The maximum Gasteiger partial charge on any atom is 0.227 e. The lowest BCUT2D eigenvalue weighted by molar-refractivity contribution is -0.126. The third-order valence-corrected chi connectivity index (χ3v) is 4.63. The first-order valence-electron chi connectivity index (χ1n) is 9.49. The van der Waals surface area contributed by atoms with Crippen LogP contribution in [0.5, 0.6) is 5.75 Å². The van der Waals surface area contributed by atoms with E-state index in [2.05, 4.69) is 10.6 Å². The lowest BCUT2D eigenvalue weighted by Gasteiger charge is -2.25. The molecular weight excluding hydrogens is 359 g/mol. The maximum atomic E-state index is 13.7. The van der Waals surface area contributed by atoms with E-state index in [1.165, 1.54) is 6.07 Å². The topological polar surface area (TPSA) is 67.4 Å². The average molecular weight is 384 g/mol. The van der Waals surface area contributed by atoms with E-state index in [-0.39, 0.29) is 42.6 Å². The SMILES string of the molecule is CC(C)CC(=O)Nc1ccc2c(c1)C[C@@H](C(=O)NCc1ccccc1F)CO2. The summed E-state index contributed by atoms with van der Waals surface area (Å²) in [5.74, 6) is 0.0909. The monoisotopic (exact) mass is 384 g/mol. The van der Waals surface area contributed by atoms with Crippen LogP contribution < -0.4 is 15.4 Å². The van der Waals surface area contributed by atoms with Gasteiger partial charge in [0.1, 0.15) is 18.2 Å². The summed E-state index contributed by atoms with van der Waals surface area (Å²) < 4.78 is 19.4. The number of anilines is 1. The first-order chi connectivity index (χ1) is 13.4. The fourth-order valence-corrected chi connectivity index (χ4v) is 3.19. The van der Waals surface area contributed by atoms with Gasteiger partial charge in [0.05, 0.1) is 5.92 Å². The molecule has 1 atom stereocenters. The number of benzene rings is 2. The first kappa shape index (κ1) is 19.9. The fraction of sp³-hybridized carbons (Fsp3) is 0.364. The minimum absolute atomic E-state index is 0.0362. The Balaban J connectivity index is 1.61. The minimum atomic E-state index is -0.360. The minimum Gasteiger partial charge on any atom is -0.492 e. The van der Waals surface area contributed by atoms with Gasteiger partial charge in [0.15, 0.2) is 0 Å². The number of hydrogen-bond donors (Lipinski definition) is 2. The van der Waals surface area contributed by atoms with Crippen LogP contribution in [0.2, 0.25) is 0 Å². The molecule has 0 unspecified atom stereocenters. The zero-order valence-corrected chi connectivity index (χ0v) is 16.1. The highest BCUT2D eigenvalue weighted by Gasteiger charge is 2.26. The lowest BCUT2D eigenvalue weighted by atomic mass is 9.95. The van der Waals surface area contributed by atoms with Crippen LogP contribution in [0, 0.1) is 17.7 Å². The van der Waals surface area contributed by atoms with Gasteiger partial charge < -0.3 is 15.4 Å². The smallest absolute Gasteiger partial charge is 0.227 e. The Morgan fingerprint density at radius 3 is 2.75 bits per heavy atom. The van der Waals surface area contributed by atoms with Crippen LogP contribution in [0.1, 0.15) is 31.4 Å². The van der Waals surface area contributed by atoms with Gasteiger partial charge in [-0.1, -0.05) is 32.0 Å². The van der Waals surface area contributed by atoms with Gasteiger partial charge in [0.25, 0.3) is 0 Å². The molecule has 1 aliphatic heterocycles. The molecular formula is C22H25FN2O3. The molecule has 1 heterocycles. The second kappa shape index (κ2) is 8.87. The van der Waals surface area contributed by atoms with Crippen molar-refractivity contribution in [3.05, 3.63) is 59.4 Å². The van der Waals surface area contributed by atoms with Crippen LogP contribution in [0.4, 0.5) is 10.1 Å². The van der Waals surface area contributed by atoms with Crippen molar-refractivity contribution in [3.8, 4) is 5.75 Å². The highest BCUT2D eigenvalue weighted by molar-refractivity contribution is 5.91. The van der Waals surface area contributed by atoms with E-state index >= 15 is 0 Å². The Bertz CT molecular complexity index is 867. The van der Waals surface area contributed by atoms with Crippen molar-refractivity contribution < 1.29 is 18.7 Å². The van der Waals surface area contributed by atoms with E-state index in [9.17, 15) is 14.0 Å². The zero-order chi connectivity index (χ0) is 20.1. The molecule has 0 saturated carbocycles. The number of rotatable bonds is 6. The van der Waals surface area contributed by atoms with Crippen LogP contribution >= 0.6 is 0 Å². The summed E-state index contributed by atoms with van der Waals surface area (Å²) in [6.07, 6.45) is 0.959. The normalized spacial score (nSPS) is 15.5. The number of ether oxygens (including phenoxy) is 1. The van der Waals surface area contributed by atoms with Crippen LogP contribution in [0.15, 0.2) is 42.5 Å². The number of hydrogen-bond acceptors (Lipinski definition) is 3. The molecule has 2 N–H and O–H groups in total. The van der Waals surface area contributed by atoms with Crippen molar-refractivity contribution in [3.63, 3.8) is 0 Å². The summed E-state index contributed by atoms with van der Waals surface area (Å²) >= 11 is 0. The molecule has 5 nitrogen and oxygen atoms in total. The molecule has 0 fully saturated rings. The van der Waals surface area contributed by atoms with Gasteiger partial charge in [-0.25, -0.2) is 4.39 Å². The number of nitrogens with one attached hydrogen (secondary N) is 2. The summed E-state index contributed by atoms with van der Waals surface area (Å²) in [6, 6.07) is 11.8. The highest BCUT2D eigenvalue weighted by Crippen LogP contribution is 2.30. The molecule has 148 valence electrons. The maximum absolute atomic E-state index is 13.7. The van der Waals surface area contributed by atoms with Gasteiger partial charge in [-0.2, -0.15) is 0 Å². The quantitative estimate of drug-likeness (QED) is 0.798. The predicted molar refractivity (Wildman–Crippen MR) is 105 cm³/mol. The Hall–Kier alpha value is -2.89. The molecule has 0 aromatic heterocycles. The predicted octanol–water partition coefficient (Wildman–Crippen LogP) is 3.68. The second-order valence-electron chi connectivity index (χ2n) is 7.49. The van der Waals surface area contributed by atoms with E-state index < -0.39 is 0 Å². The molecule has 1 aliphatic rings. The van der Waals surface area contributed by atoms with Crippen molar-refractivity contribution in [2.75, 3.05) is 11.9 Å². The van der Waals surface area contributed by atoms with Gasteiger partial charge in [0, 0.05) is 24.2 Å². The molecule has 0 radical (unpaired) electrons. The summed E-state index contributed by atoms with van der Waals surface area (Å²) in [6.45, 7) is 4.39. The van der Waals surface area contributed by atoms with E-state index in [0.717, 1.165) is 11.3 Å². The van der Waals surface area contributed by atoms with Crippen molar-refractivity contribution >= 4 is 17.5 Å². The number of fused-ring (bicyclic) bond motifs is 1. The van der Waals surface area contributed by atoms with Crippen LogP contribution in [-0.2, 0) is 22.6 Å². The van der Waals surface area contributed by atoms with Crippen molar-refractivity contribution in [2.24, 2.45) is 11.8 Å². The van der Waals surface area contributed by atoms with Crippen LogP contribution in [0.3, 0.4) is 0 Å². The van der Waals surface area contributed by atoms with E-state index in [1.54, 1.807) is 24.3 Å². The van der Waals surface area contributed by atoms with Crippen LogP contribution in [-0.4, -0.2) is 18.4 Å². The van der Waals surface area contributed by atoms with Crippen molar-refractivity contribution in [1.82, 2.24) is 5.32 Å². The standard InChI is InChI=1S/C22H25FN2O3/c1-14(2)9-21(26)25-18-7-8-20-16(11-18)10-17(13-28-20)22(27)24-12-15-5-3-4-6-19(15)23/h3-8,11,14,17H,9-10,12-13H2,1-2H3,(H,24,27)(H,25,26)/t17-/m1/s1. The molecule has 0 saturated heterocycles. The third kappa shape index (κ3) is 5.09. The summed E-state index contributed by atoms with van der Waals surface area (Å²) in [5.41, 5.74) is 2.02. The molecule has 0 spiro atoms. The Morgan fingerprint density at radius 2 is 2.00 bits per heavy atom. The van der Waals surface area contributed by atoms with E-state index in [0.29, 0.717) is 24.1 Å². The van der Waals surface area contributed by atoms with Gasteiger partial charge in [-0.15, -0.1) is 0 Å². The van der Waals surface area contributed by atoms with Gasteiger partial charge in [-0.3, -0.25) is 9.59 Å². The lowest BCUT2D eigenvalue weighted by Crippen LogP contribution is -2.37. The van der Waals surface area contributed by atoms with Crippen molar-refractivity contribution in [1.29, 1.82) is 0 Å². The molecule has 6 heteroatoms. The van der Waals surface area contributed by atoms with Gasteiger partial charge in [-0.05, 0) is 42.2 Å². The third-order valence-electron chi connectivity index (χ3n) is 4.63. The molecule has 2 aromatic carbocycles. The molecule has 28 heavy (non-hydrogen) atoms. The zero-order valence-electron chi connectivity index (χ0n) is 16.1. The van der Waals surface area contributed by atoms with Gasteiger partial charge >= 0.3 is 0 Å². The summed E-state index contributed by atoms with van der Waals surface area (Å²) in [7, 11) is 0.